The number of amides is 1. The lowest BCUT2D eigenvalue weighted by Gasteiger charge is -2.09. The first-order valence-corrected chi connectivity index (χ1v) is 7.09. The number of ether oxygens (including phenoxy) is 1. The topological polar surface area (TPSA) is 38.3 Å². The van der Waals surface area contributed by atoms with E-state index in [1.54, 1.807) is 25.3 Å². The van der Waals surface area contributed by atoms with Crippen LogP contribution in [0, 0.1) is 6.92 Å². The van der Waals surface area contributed by atoms with Crippen LogP contribution in [0.1, 0.15) is 15.9 Å². The molecule has 0 saturated heterocycles. The molecule has 104 valence electrons. The molecule has 0 atom stereocenters. The molecule has 20 heavy (non-hydrogen) atoms. The maximum atomic E-state index is 12.2. The van der Waals surface area contributed by atoms with Crippen LogP contribution in [-0.2, 0) is 0 Å². The molecule has 2 rings (SSSR count). The SMILES string of the molecule is COc1ccc(NC(=O)c2cc(C)ccc2Br)cc1Cl. The maximum absolute atomic E-state index is 12.2. The van der Waals surface area contributed by atoms with E-state index in [0.717, 1.165) is 10.0 Å². The molecule has 0 aromatic heterocycles. The molecule has 0 bridgehead atoms. The second kappa shape index (κ2) is 6.29. The summed E-state index contributed by atoms with van der Waals surface area (Å²) in [6.45, 7) is 1.94. The number of methoxy groups -OCH3 is 1. The average molecular weight is 355 g/mol. The van der Waals surface area contributed by atoms with Crippen LogP contribution in [0.15, 0.2) is 40.9 Å². The summed E-state index contributed by atoms with van der Waals surface area (Å²) in [5.74, 6) is 0.378. The number of rotatable bonds is 3. The van der Waals surface area contributed by atoms with Crippen LogP contribution < -0.4 is 10.1 Å². The summed E-state index contributed by atoms with van der Waals surface area (Å²) in [5.41, 5.74) is 2.22. The summed E-state index contributed by atoms with van der Waals surface area (Å²) < 4.78 is 5.82. The highest BCUT2D eigenvalue weighted by Crippen LogP contribution is 2.28. The highest BCUT2D eigenvalue weighted by atomic mass is 79.9. The van der Waals surface area contributed by atoms with Crippen molar-refractivity contribution >= 4 is 39.1 Å². The third-order valence-corrected chi connectivity index (χ3v) is 3.76. The first-order valence-electron chi connectivity index (χ1n) is 5.92. The number of hydrogen-bond donors (Lipinski definition) is 1. The molecular weight excluding hydrogens is 342 g/mol. The van der Waals surface area contributed by atoms with Crippen LogP contribution in [0.3, 0.4) is 0 Å². The Bertz CT molecular complexity index is 658. The Balaban J connectivity index is 2.23. The molecule has 0 fully saturated rings. The molecule has 0 spiro atoms. The van der Waals surface area contributed by atoms with Gasteiger partial charge in [-0.1, -0.05) is 23.2 Å². The molecule has 5 heteroatoms. The average Bonchev–Trinajstić information content (AvgIpc) is 2.41. The highest BCUT2D eigenvalue weighted by molar-refractivity contribution is 9.10. The predicted octanol–water partition coefficient (Wildman–Crippen LogP) is 4.67. The number of carbonyl (C=O) groups is 1. The summed E-state index contributed by atoms with van der Waals surface area (Å²) in [6, 6.07) is 10.7. The van der Waals surface area contributed by atoms with E-state index in [9.17, 15) is 4.79 Å². The Morgan fingerprint density at radius 2 is 2.00 bits per heavy atom. The number of carbonyl (C=O) groups excluding carboxylic acids is 1. The monoisotopic (exact) mass is 353 g/mol. The Labute approximate surface area is 131 Å². The lowest BCUT2D eigenvalue weighted by molar-refractivity contribution is 0.102. The van der Waals surface area contributed by atoms with Gasteiger partial charge in [0.1, 0.15) is 5.75 Å². The molecule has 0 unspecified atom stereocenters. The minimum Gasteiger partial charge on any atom is -0.495 e. The van der Waals surface area contributed by atoms with Gasteiger partial charge in [-0.2, -0.15) is 0 Å². The van der Waals surface area contributed by atoms with Crippen molar-refractivity contribution in [3.8, 4) is 5.75 Å². The van der Waals surface area contributed by atoms with Gasteiger partial charge in [0.25, 0.3) is 5.91 Å². The van der Waals surface area contributed by atoms with Crippen LogP contribution in [0.25, 0.3) is 0 Å². The minimum absolute atomic E-state index is 0.193. The van der Waals surface area contributed by atoms with Gasteiger partial charge in [-0.15, -0.1) is 0 Å². The van der Waals surface area contributed by atoms with Gasteiger partial charge in [-0.3, -0.25) is 4.79 Å². The van der Waals surface area contributed by atoms with Gasteiger partial charge in [-0.05, 0) is 53.2 Å². The Morgan fingerprint density at radius 3 is 2.65 bits per heavy atom. The van der Waals surface area contributed by atoms with Crippen molar-refractivity contribution in [3.05, 3.63) is 57.0 Å². The van der Waals surface area contributed by atoms with Crippen LogP contribution in [0.5, 0.6) is 5.75 Å². The van der Waals surface area contributed by atoms with Gasteiger partial charge in [-0.25, -0.2) is 0 Å². The van der Waals surface area contributed by atoms with E-state index >= 15 is 0 Å². The van der Waals surface area contributed by atoms with Crippen molar-refractivity contribution < 1.29 is 9.53 Å². The number of hydrogen-bond acceptors (Lipinski definition) is 2. The molecule has 1 amide bonds. The second-order valence-corrected chi connectivity index (χ2v) is 5.55. The molecule has 0 radical (unpaired) electrons. The van der Waals surface area contributed by atoms with Gasteiger partial charge >= 0.3 is 0 Å². The molecule has 0 aliphatic rings. The zero-order valence-electron chi connectivity index (χ0n) is 11.0. The molecule has 0 saturated carbocycles. The molecule has 2 aromatic rings. The first kappa shape index (κ1) is 14.9. The lowest BCUT2D eigenvalue weighted by atomic mass is 10.1. The predicted molar refractivity (Wildman–Crippen MR) is 84.8 cm³/mol. The van der Waals surface area contributed by atoms with Crippen molar-refractivity contribution in [3.63, 3.8) is 0 Å². The Morgan fingerprint density at radius 1 is 1.25 bits per heavy atom. The van der Waals surface area contributed by atoms with Crippen molar-refractivity contribution in [1.82, 2.24) is 0 Å². The number of anilines is 1. The minimum atomic E-state index is -0.193. The smallest absolute Gasteiger partial charge is 0.256 e. The van der Waals surface area contributed by atoms with Gasteiger partial charge < -0.3 is 10.1 Å². The fraction of sp³-hybridized carbons (Fsp3) is 0.133. The molecule has 0 aliphatic carbocycles. The molecule has 2 aromatic carbocycles. The molecule has 0 aliphatic heterocycles. The quantitative estimate of drug-likeness (QED) is 0.869. The van der Waals surface area contributed by atoms with Crippen LogP contribution in [0.4, 0.5) is 5.69 Å². The fourth-order valence-electron chi connectivity index (χ4n) is 1.76. The van der Waals surface area contributed by atoms with Crippen molar-refractivity contribution in [2.24, 2.45) is 0 Å². The zero-order valence-corrected chi connectivity index (χ0v) is 13.4. The molecule has 0 heterocycles. The van der Waals surface area contributed by atoms with E-state index in [1.807, 2.05) is 25.1 Å². The van der Waals surface area contributed by atoms with Crippen LogP contribution in [0.2, 0.25) is 5.02 Å². The third kappa shape index (κ3) is 3.32. The van der Waals surface area contributed by atoms with Gasteiger partial charge in [0.15, 0.2) is 0 Å². The van der Waals surface area contributed by atoms with E-state index in [-0.39, 0.29) is 5.91 Å². The number of aryl methyl sites for hydroxylation is 1. The first-order chi connectivity index (χ1) is 9.51. The summed E-state index contributed by atoms with van der Waals surface area (Å²) in [4.78, 5) is 12.2. The van der Waals surface area contributed by atoms with E-state index in [0.29, 0.717) is 22.0 Å². The Hall–Kier alpha value is -1.52. The van der Waals surface area contributed by atoms with Crippen molar-refractivity contribution in [2.75, 3.05) is 12.4 Å². The maximum Gasteiger partial charge on any atom is 0.256 e. The second-order valence-electron chi connectivity index (χ2n) is 4.29. The number of nitrogens with one attached hydrogen (secondary N) is 1. The molecule has 1 N–H and O–H groups in total. The van der Waals surface area contributed by atoms with Gasteiger partial charge in [0.2, 0.25) is 0 Å². The highest BCUT2D eigenvalue weighted by Gasteiger charge is 2.11. The molecular formula is C15H13BrClNO2. The normalized spacial score (nSPS) is 10.2. The number of benzene rings is 2. The summed E-state index contributed by atoms with van der Waals surface area (Å²) >= 11 is 9.40. The summed E-state index contributed by atoms with van der Waals surface area (Å²) in [5, 5.41) is 3.26. The third-order valence-electron chi connectivity index (χ3n) is 2.78. The van der Waals surface area contributed by atoms with Crippen LogP contribution >= 0.6 is 27.5 Å². The van der Waals surface area contributed by atoms with E-state index in [1.165, 1.54) is 0 Å². The van der Waals surface area contributed by atoms with Crippen molar-refractivity contribution in [2.45, 2.75) is 6.92 Å². The standard InChI is InChI=1S/C15H13BrClNO2/c1-9-3-5-12(16)11(7-9)15(19)18-10-4-6-14(20-2)13(17)8-10/h3-8H,1-2H3,(H,18,19). The lowest BCUT2D eigenvalue weighted by Crippen LogP contribution is -2.12. The van der Waals surface area contributed by atoms with Crippen LogP contribution in [-0.4, -0.2) is 13.0 Å². The largest absolute Gasteiger partial charge is 0.495 e. The van der Waals surface area contributed by atoms with E-state index in [2.05, 4.69) is 21.2 Å². The number of halogens is 2. The fourth-order valence-corrected chi connectivity index (χ4v) is 2.44. The Kier molecular flexibility index (Phi) is 4.68. The summed E-state index contributed by atoms with van der Waals surface area (Å²) in [6.07, 6.45) is 0. The van der Waals surface area contributed by atoms with Crippen molar-refractivity contribution in [1.29, 1.82) is 0 Å². The molecule has 3 nitrogen and oxygen atoms in total. The van der Waals surface area contributed by atoms with E-state index < -0.39 is 0 Å². The van der Waals surface area contributed by atoms with Gasteiger partial charge in [0, 0.05) is 10.2 Å². The zero-order chi connectivity index (χ0) is 14.7. The summed E-state index contributed by atoms with van der Waals surface area (Å²) in [7, 11) is 1.54. The van der Waals surface area contributed by atoms with Gasteiger partial charge in [0.05, 0.1) is 17.7 Å². The van der Waals surface area contributed by atoms with E-state index in [4.69, 9.17) is 16.3 Å².